The molecule has 2 aromatic carbocycles. The Morgan fingerprint density at radius 2 is 1.86 bits per heavy atom. The van der Waals surface area contributed by atoms with Crippen LogP contribution in [0.1, 0.15) is 29.8 Å². The maximum Gasteiger partial charge on any atom is 0.311 e. The Kier molecular flexibility index (Phi) is 8.86. The molecule has 0 saturated carbocycles. The van der Waals surface area contributed by atoms with E-state index in [0.29, 0.717) is 6.42 Å². The predicted octanol–water partition coefficient (Wildman–Crippen LogP) is 3.66. The van der Waals surface area contributed by atoms with Gasteiger partial charge in [-0.05, 0) is 38.0 Å². The van der Waals surface area contributed by atoms with Crippen LogP contribution in [0.4, 0.5) is 4.39 Å². The summed E-state index contributed by atoms with van der Waals surface area (Å²) in [4.78, 5) is 36.0. The number of hydrogen-bond donors (Lipinski definition) is 1. The third-order valence-electron chi connectivity index (χ3n) is 4.19. The van der Waals surface area contributed by atoms with E-state index in [1.165, 1.54) is 25.1 Å². The van der Waals surface area contributed by atoms with E-state index in [-0.39, 0.29) is 47.0 Å². The van der Waals surface area contributed by atoms with Gasteiger partial charge in [-0.25, -0.2) is 4.39 Å². The van der Waals surface area contributed by atoms with Crippen LogP contribution in [-0.2, 0) is 20.7 Å². The molecule has 154 valence electrons. The Balaban J connectivity index is 1.90. The molecule has 1 N–H and O–H groups in total. The molecule has 1 atom stereocenters. The quantitative estimate of drug-likeness (QED) is 0.363. The third kappa shape index (κ3) is 7.34. The lowest BCUT2D eigenvalue weighted by molar-refractivity contribution is -0.147. The molecule has 0 spiro atoms. The number of amides is 1. The first-order chi connectivity index (χ1) is 13.9. The topological polar surface area (TPSA) is 72.5 Å². The van der Waals surface area contributed by atoms with Gasteiger partial charge in [-0.1, -0.05) is 36.4 Å². The van der Waals surface area contributed by atoms with Crippen molar-refractivity contribution in [1.29, 1.82) is 0 Å². The second-order valence-corrected chi connectivity index (χ2v) is 7.45. The second kappa shape index (κ2) is 11.4. The molecule has 2 rings (SSSR count). The zero-order chi connectivity index (χ0) is 21.2. The molecule has 1 unspecified atom stereocenters. The number of carbonyl (C=O) groups is 3. The number of hydrogen-bond acceptors (Lipinski definition) is 5. The van der Waals surface area contributed by atoms with Gasteiger partial charge in [0.25, 0.3) is 0 Å². The van der Waals surface area contributed by atoms with Crippen LogP contribution in [0.15, 0.2) is 53.4 Å². The first kappa shape index (κ1) is 22.6. The molecule has 0 aliphatic rings. The molecule has 0 aliphatic carbocycles. The fraction of sp³-hybridized carbons (Fsp3) is 0.318. The molecular formula is C22H24FNO4S. The predicted molar refractivity (Wildman–Crippen MR) is 110 cm³/mol. The smallest absolute Gasteiger partial charge is 0.311 e. The summed E-state index contributed by atoms with van der Waals surface area (Å²) in [5.74, 6) is -1.94. The van der Waals surface area contributed by atoms with E-state index in [9.17, 15) is 18.8 Å². The van der Waals surface area contributed by atoms with Gasteiger partial charge in [0.15, 0.2) is 5.78 Å². The van der Waals surface area contributed by atoms with Crippen molar-refractivity contribution in [1.82, 2.24) is 5.32 Å². The minimum atomic E-state index is -0.538. The van der Waals surface area contributed by atoms with E-state index in [1.807, 2.05) is 30.3 Å². The van der Waals surface area contributed by atoms with Crippen LogP contribution in [0.3, 0.4) is 0 Å². The maximum atomic E-state index is 14.0. The molecule has 7 heteroatoms. The summed E-state index contributed by atoms with van der Waals surface area (Å²) in [7, 11) is 0. The average Bonchev–Trinajstić information content (AvgIpc) is 2.70. The van der Waals surface area contributed by atoms with Crippen molar-refractivity contribution in [3.8, 4) is 0 Å². The number of esters is 1. The summed E-state index contributed by atoms with van der Waals surface area (Å²) >= 11 is 1.04. The van der Waals surface area contributed by atoms with Crippen LogP contribution in [0.5, 0.6) is 0 Å². The summed E-state index contributed by atoms with van der Waals surface area (Å²) in [6.07, 6.45) is 0.453. The minimum absolute atomic E-state index is 0.00276. The Bertz CT molecular complexity index is 857. The average molecular weight is 418 g/mol. The summed E-state index contributed by atoms with van der Waals surface area (Å²) in [5.41, 5.74) is 1.26. The molecule has 0 radical (unpaired) electrons. The van der Waals surface area contributed by atoms with Crippen molar-refractivity contribution < 1.29 is 23.5 Å². The van der Waals surface area contributed by atoms with Gasteiger partial charge in [-0.3, -0.25) is 14.4 Å². The summed E-state index contributed by atoms with van der Waals surface area (Å²) in [6, 6.07) is 13.7. The van der Waals surface area contributed by atoms with Gasteiger partial charge in [0.1, 0.15) is 5.82 Å². The van der Waals surface area contributed by atoms with Gasteiger partial charge in [-0.2, -0.15) is 0 Å². The molecule has 0 fully saturated rings. The molecule has 0 saturated heterocycles. The van der Waals surface area contributed by atoms with Crippen molar-refractivity contribution in [3.05, 3.63) is 65.5 Å². The van der Waals surface area contributed by atoms with Gasteiger partial charge in [0.05, 0.1) is 18.3 Å². The molecule has 29 heavy (non-hydrogen) atoms. The van der Waals surface area contributed by atoms with Crippen LogP contribution in [0.25, 0.3) is 0 Å². The molecule has 2 aromatic rings. The zero-order valence-electron chi connectivity index (χ0n) is 16.4. The highest BCUT2D eigenvalue weighted by molar-refractivity contribution is 8.00. The highest BCUT2D eigenvalue weighted by Gasteiger charge is 2.21. The summed E-state index contributed by atoms with van der Waals surface area (Å²) in [6.45, 7) is 3.51. The number of carbonyl (C=O) groups excluding carboxylic acids is 3. The molecule has 5 nitrogen and oxygen atoms in total. The van der Waals surface area contributed by atoms with Gasteiger partial charge in [0, 0.05) is 17.0 Å². The van der Waals surface area contributed by atoms with Gasteiger partial charge >= 0.3 is 5.97 Å². The lowest BCUT2D eigenvalue weighted by Crippen LogP contribution is -2.36. The Hall–Kier alpha value is -2.67. The Morgan fingerprint density at radius 3 is 2.48 bits per heavy atom. The van der Waals surface area contributed by atoms with Crippen molar-refractivity contribution in [2.75, 3.05) is 18.9 Å². The number of Topliss-reactive ketones (excluding diaryl/α,β-unsaturated/α-hetero) is 1. The number of rotatable bonds is 10. The molecular weight excluding hydrogens is 393 g/mol. The number of ether oxygens (including phenoxy) is 1. The zero-order valence-corrected chi connectivity index (χ0v) is 17.3. The fourth-order valence-electron chi connectivity index (χ4n) is 2.67. The SMILES string of the molecule is CCOC(=O)C(CNC(=O)CSc1ccc(C(C)=O)cc1F)Cc1ccccc1. The molecule has 0 aromatic heterocycles. The van der Waals surface area contributed by atoms with Crippen molar-refractivity contribution in [2.24, 2.45) is 5.92 Å². The highest BCUT2D eigenvalue weighted by Crippen LogP contribution is 2.22. The van der Waals surface area contributed by atoms with Gasteiger partial charge in [0.2, 0.25) is 5.91 Å². The third-order valence-corrected chi connectivity index (χ3v) is 5.24. The largest absolute Gasteiger partial charge is 0.466 e. The maximum absolute atomic E-state index is 14.0. The number of nitrogens with one attached hydrogen (secondary N) is 1. The van der Waals surface area contributed by atoms with Gasteiger partial charge < -0.3 is 10.1 Å². The van der Waals surface area contributed by atoms with Crippen LogP contribution >= 0.6 is 11.8 Å². The van der Waals surface area contributed by atoms with E-state index < -0.39 is 11.7 Å². The molecule has 1 amide bonds. The second-order valence-electron chi connectivity index (χ2n) is 6.43. The van der Waals surface area contributed by atoms with E-state index >= 15 is 0 Å². The number of halogens is 1. The highest BCUT2D eigenvalue weighted by atomic mass is 32.2. The monoisotopic (exact) mass is 417 g/mol. The van der Waals surface area contributed by atoms with Crippen molar-refractivity contribution >= 4 is 29.4 Å². The summed E-state index contributed by atoms with van der Waals surface area (Å²) < 4.78 is 19.2. The number of ketones is 1. The standard InChI is InChI=1S/C22H24FNO4S/c1-3-28-22(27)18(11-16-7-5-4-6-8-16)13-24-21(26)14-29-20-10-9-17(15(2)25)12-19(20)23/h4-10,12,18H,3,11,13-14H2,1-2H3,(H,24,26). The molecule has 0 bridgehead atoms. The Labute approximate surface area is 174 Å². The molecule has 0 aliphatic heterocycles. The van der Waals surface area contributed by atoms with Crippen molar-refractivity contribution in [3.63, 3.8) is 0 Å². The number of thioether (sulfide) groups is 1. The van der Waals surface area contributed by atoms with Crippen molar-refractivity contribution in [2.45, 2.75) is 25.2 Å². The van der Waals surface area contributed by atoms with E-state index in [1.54, 1.807) is 6.92 Å². The van der Waals surface area contributed by atoms with Crippen LogP contribution in [0.2, 0.25) is 0 Å². The number of benzene rings is 2. The minimum Gasteiger partial charge on any atom is -0.466 e. The van der Waals surface area contributed by atoms with E-state index in [0.717, 1.165) is 17.3 Å². The fourth-order valence-corrected chi connectivity index (χ4v) is 3.42. The lowest BCUT2D eigenvalue weighted by atomic mass is 9.99. The Morgan fingerprint density at radius 1 is 1.14 bits per heavy atom. The van der Waals surface area contributed by atoms with E-state index in [4.69, 9.17) is 4.74 Å². The first-order valence-electron chi connectivity index (χ1n) is 9.31. The van der Waals surface area contributed by atoms with Crippen LogP contribution < -0.4 is 5.32 Å². The van der Waals surface area contributed by atoms with Crippen LogP contribution in [0, 0.1) is 11.7 Å². The van der Waals surface area contributed by atoms with E-state index in [2.05, 4.69) is 5.32 Å². The van der Waals surface area contributed by atoms with Gasteiger partial charge in [-0.15, -0.1) is 11.8 Å². The van der Waals surface area contributed by atoms with Crippen LogP contribution in [-0.4, -0.2) is 36.6 Å². The molecule has 0 heterocycles. The summed E-state index contributed by atoms with van der Waals surface area (Å²) in [5, 5.41) is 2.72. The lowest BCUT2D eigenvalue weighted by Gasteiger charge is -2.16. The normalized spacial score (nSPS) is 11.6. The first-order valence-corrected chi connectivity index (χ1v) is 10.3.